The first-order valence-corrected chi connectivity index (χ1v) is 16.1. The van der Waals surface area contributed by atoms with Gasteiger partial charge in [-0.3, -0.25) is 14.4 Å². The molecule has 0 radical (unpaired) electrons. The molecule has 2 N–H and O–H groups in total. The van der Waals surface area contributed by atoms with E-state index >= 15 is 0 Å². The molecule has 0 bridgehead atoms. The highest BCUT2D eigenvalue weighted by atomic mass is 16.5. The molecule has 0 saturated heterocycles. The summed E-state index contributed by atoms with van der Waals surface area (Å²) < 4.78 is 28.2. The normalized spacial score (nSPS) is 15.6. The summed E-state index contributed by atoms with van der Waals surface area (Å²) in [5, 5.41) is 6.34. The van der Waals surface area contributed by atoms with Gasteiger partial charge < -0.3 is 39.2 Å². The van der Waals surface area contributed by atoms with Gasteiger partial charge in [0.2, 0.25) is 23.0 Å². The maximum Gasteiger partial charge on any atom is 0.245 e. The summed E-state index contributed by atoms with van der Waals surface area (Å²) in [6, 6.07) is 9.82. The maximum atomic E-state index is 14.1. The van der Waals surface area contributed by atoms with Crippen LogP contribution in [-0.2, 0) is 29.0 Å². The van der Waals surface area contributed by atoms with Crippen LogP contribution in [0.2, 0.25) is 0 Å². The number of fused-ring (bicyclic) bond motifs is 4. The summed E-state index contributed by atoms with van der Waals surface area (Å²) in [4.78, 5) is 42.2. The lowest BCUT2D eigenvalue weighted by atomic mass is 9.95. The van der Waals surface area contributed by atoms with Crippen molar-refractivity contribution in [1.82, 2.24) is 10.2 Å². The average molecular weight is 660 g/mol. The van der Waals surface area contributed by atoms with E-state index in [1.807, 2.05) is 43.0 Å². The number of aryl methyl sites for hydroxylation is 1. The number of hydrogen-bond acceptors (Lipinski definition) is 9. The van der Waals surface area contributed by atoms with Crippen LogP contribution in [-0.4, -0.2) is 64.8 Å². The predicted octanol–water partition coefficient (Wildman–Crippen LogP) is 4.90. The van der Waals surface area contributed by atoms with E-state index in [9.17, 15) is 14.4 Å². The van der Waals surface area contributed by atoms with Crippen molar-refractivity contribution >= 4 is 17.5 Å². The van der Waals surface area contributed by atoms with Crippen LogP contribution in [0.15, 0.2) is 41.2 Å². The summed E-state index contributed by atoms with van der Waals surface area (Å²) in [5.41, 5.74) is 5.15. The van der Waals surface area contributed by atoms with Gasteiger partial charge in [-0.15, -0.1) is 0 Å². The minimum absolute atomic E-state index is 0.0992. The lowest BCUT2D eigenvalue weighted by Gasteiger charge is -2.34. The molecule has 2 amide bonds. The number of nitrogens with zero attached hydrogens (tertiary/aromatic N) is 1. The maximum absolute atomic E-state index is 14.1. The van der Waals surface area contributed by atoms with Crippen molar-refractivity contribution < 1.29 is 33.3 Å². The second-order valence-electron chi connectivity index (χ2n) is 12.4. The second-order valence-corrected chi connectivity index (χ2v) is 12.4. The first-order valence-electron chi connectivity index (χ1n) is 16.1. The Labute approximate surface area is 281 Å². The van der Waals surface area contributed by atoms with Crippen LogP contribution in [0.4, 0.5) is 5.69 Å². The van der Waals surface area contributed by atoms with Crippen molar-refractivity contribution in [3.63, 3.8) is 0 Å². The molecule has 256 valence electrons. The third kappa shape index (κ3) is 6.58. The Hall–Kier alpha value is -4.93. The van der Waals surface area contributed by atoms with Gasteiger partial charge in [0.15, 0.2) is 23.0 Å². The SMILES string of the molecule is COc1cc2c(cc1OC)CN(C(=O)[C@H](Nc1ccc3c(cc1=O)[C@H](NC(C)=O)CCc1cc(OC)c(OC)c(OC)c1-3)C(C)C)CC2. The van der Waals surface area contributed by atoms with Crippen LogP contribution < -0.4 is 39.7 Å². The molecule has 0 spiro atoms. The molecule has 11 nitrogen and oxygen atoms in total. The Bertz CT molecular complexity index is 1770. The second kappa shape index (κ2) is 14.5. The Kier molecular flexibility index (Phi) is 10.4. The van der Waals surface area contributed by atoms with Crippen LogP contribution in [0, 0.1) is 5.92 Å². The van der Waals surface area contributed by atoms with E-state index in [1.54, 1.807) is 47.7 Å². The number of carbonyl (C=O) groups is 2. The fraction of sp³-hybridized carbons (Fsp3) is 0.432. The molecule has 11 heteroatoms. The minimum Gasteiger partial charge on any atom is -0.493 e. The van der Waals surface area contributed by atoms with E-state index < -0.39 is 12.1 Å². The number of hydrogen-bond donors (Lipinski definition) is 2. The standard InChI is InChI=1S/C37H45N3O8/c1-20(2)34(37(43)40-14-13-22-15-30(44-4)31(45-5)17-24(22)19-40)39-28-12-10-25-26(18-29(28)42)27(38-21(3)41)11-9-23-16-32(46-6)35(47-7)36(48-8)33(23)25/h10,12,15-18,20,27,34H,9,11,13-14,19H2,1-8H3,(H,38,41)(H,39,42)/t27-,34-/m1/s1. The lowest BCUT2D eigenvalue weighted by Crippen LogP contribution is -2.47. The van der Waals surface area contributed by atoms with E-state index in [0.29, 0.717) is 72.2 Å². The fourth-order valence-corrected chi connectivity index (χ4v) is 6.78. The fourth-order valence-electron chi connectivity index (χ4n) is 6.78. The third-order valence-corrected chi connectivity index (χ3v) is 9.19. The smallest absolute Gasteiger partial charge is 0.245 e. The number of ether oxygens (including phenoxy) is 5. The molecule has 5 rings (SSSR count). The molecule has 1 heterocycles. The highest BCUT2D eigenvalue weighted by molar-refractivity contribution is 5.86. The largest absolute Gasteiger partial charge is 0.493 e. The molecule has 0 saturated carbocycles. The van der Waals surface area contributed by atoms with E-state index in [-0.39, 0.29) is 28.8 Å². The summed E-state index contributed by atoms with van der Waals surface area (Å²) in [7, 11) is 7.88. The van der Waals surface area contributed by atoms with Crippen LogP contribution in [0.3, 0.4) is 0 Å². The van der Waals surface area contributed by atoms with Crippen LogP contribution in [0.1, 0.15) is 55.5 Å². The van der Waals surface area contributed by atoms with Gasteiger partial charge >= 0.3 is 0 Å². The molecule has 0 fully saturated rings. The molecule has 2 aliphatic rings. The monoisotopic (exact) mass is 659 g/mol. The zero-order valence-electron chi connectivity index (χ0n) is 28.9. The first-order chi connectivity index (χ1) is 23.0. The summed E-state index contributed by atoms with van der Waals surface area (Å²) in [5.74, 6) is 2.27. The Morgan fingerprint density at radius 2 is 1.46 bits per heavy atom. The molecule has 2 atom stereocenters. The van der Waals surface area contributed by atoms with Crippen molar-refractivity contribution in [2.45, 2.75) is 58.7 Å². The van der Waals surface area contributed by atoms with E-state index in [1.165, 1.54) is 6.92 Å². The molecule has 3 aromatic carbocycles. The third-order valence-electron chi connectivity index (χ3n) is 9.19. The Morgan fingerprint density at radius 3 is 2.06 bits per heavy atom. The quantitative estimate of drug-likeness (QED) is 0.313. The predicted molar refractivity (Wildman–Crippen MR) is 184 cm³/mol. The molecule has 3 aromatic rings. The number of nitrogens with one attached hydrogen (secondary N) is 2. The van der Waals surface area contributed by atoms with Crippen molar-refractivity contribution in [3.8, 4) is 39.9 Å². The molecule has 0 unspecified atom stereocenters. The Morgan fingerprint density at radius 1 is 0.812 bits per heavy atom. The Balaban J connectivity index is 1.55. The van der Waals surface area contributed by atoms with Crippen molar-refractivity contribution in [3.05, 3.63) is 68.9 Å². The van der Waals surface area contributed by atoms with Gasteiger partial charge in [-0.2, -0.15) is 0 Å². The molecule has 1 aliphatic carbocycles. The van der Waals surface area contributed by atoms with Gasteiger partial charge in [-0.1, -0.05) is 19.9 Å². The number of benzene rings is 2. The highest BCUT2D eigenvalue weighted by Gasteiger charge is 2.32. The van der Waals surface area contributed by atoms with Crippen molar-refractivity contribution in [2.24, 2.45) is 5.92 Å². The summed E-state index contributed by atoms with van der Waals surface area (Å²) in [6.45, 7) is 6.33. The van der Waals surface area contributed by atoms with E-state index in [2.05, 4.69) is 10.6 Å². The van der Waals surface area contributed by atoms with Crippen molar-refractivity contribution in [2.75, 3.05) is 47.4 Å². The minimum atomic E-state index is -0.668. The topological polar surface area (TPSA) is 125 Å². The summed E-state index contributed by atoms with van der Waals surface area (Å²) in [6.07, 6.45) is 1.81. The number of amides is 2. The average Bonchev–Trinajstić information content (AvgIpc) is 3.32. The number of rotatable bonds is 10. The van der Waals surface area contributed by atoms with Gasteiger partial charge in [-0.25, -0.2) is 0 Å². The van der Waals surface area contributed by atoms with Gasteiger partial charge in [-0.05, 0) is 83.3 Å². The number of carbonyl (C=O) groups excluding carboxylic acids is 2. The number of anilines is 1. The molecular weight excluding hydrogens is 614 g/mol. The van der Waals surface area contributed by atoms with Gasteiger partial charge in [0.1, 0.15) is 6.04 Å². The van der Waals surface area contributed by atoms with Crippen molar-refractivity contribution in [1.29, 1.82) is 0 Å². The summed E-state index contributed by atoms with van der Waals surface area (Å²) >= 11 is 0. The molecule has 1 aliphatic heterocycles. The van der Waals surface area contributed by atoms with Gasteiger partial charge in [0, 0.05) is 25.6 Å². The molecule has 0 aromatic heterocycles. The van der Waals surface area contributed by atoms with Crippen LogP contribution >= 0.6 is 0 Å². The zero-order valence-corrected chi connectivity index (χ0v) is 28.9. The van der Waals surface area contributed by atoms with Gasteiger partial charge in [0.05, 0.1) is 47.3 Å². The van der Waals surface area contributed by atoms with Crippen LogP contribution in [0.25, 0.3) is 11.1 Å². The van der Waals surface area contributed by atoms with Crippen LogP contribution in [0.5, 0.6) is 28.7 Å². The van der Waals surface area contributed by atoms with Gasteiger partial charge in [0.25, 0.3) is 0 Å². The highest BCUT2D eigenvalue weighted by Crippen LogP contribution is 2.50. The molecule has 48 heavy (non-hydrogen) atoms. The first kappa shape index (κ1) is 34.4. The number of methoxy groups -OCH3 is 5. The van der Waals surface area contributed by atoms with E-state index in [4.69, 9.17) is 23.7 Å². The lowest BCUT2D eigenvalue weighted by molar-refractivity contribution is -0.133. The molecular formula is C37H45N3O8. The van der Waals surface area contributed by atoms with E-state index in [0.717, 1.165) is 22.3 Å². The zero-order chi connectivity index (χ0) is 34.7.